The standard InChI is InChI=1S/C21H17Br2N5O2/c1-24-20(29)18-11-14(7-8-25-18)30-13-4-6-19-17(10-13)27-21(28(19)2)26-16-5-3-12(22)9-15(16)23/h3-11H,1-2H3,(H,24,29)(H,26,27). The number of rotatable bonds is 5. The Morgan fingerprint density at radius 1 is 1.07 bits per heavy atom. The smallest absolute Gasteiger partial charge is 0.269 e. The molecule has 0 fully saturated rings. The highest BCUT2D eigenvalue weighted by Crippen LogP contribution is 2.31. The van der Waals surface area contributed by atoms with E-state index in [1.807, 2.05) is 48.0 Å². The molecule has 4 aromatic rings. The molecular weight excluding hydrogens is 514 g/mol. The molecule has 0 aliphatic rings. The number of carbonyl (C=O) groups excluding carboxylic acids is 1. The highest BCUT2D eigenvalue weighted by molar-refractivity contribution is 9.11. The first-order valence-corrected chi connectivity index (χ1v) is 10.6. The molecule has 0 saturated heterocycles. The fourth-order valence-corrected chi connectivity index (χ4v) is 4.08. The zero-order valence-corrected chi connectivity index (χ0v) is 19.3. The Bertz CT molecular complexity index is 1260. The van der Waals surface area contributed by atoms with Crippen LogP contribution in [0.2, 0.25) is 0 Å². The first-order chi connectivity index (χ1) is 14.4. The second-order valence-corrected chi connectivity index (χ2v) is 8.22. The summed E-state index contributed by atoms with van der Waals surface area (Å²) in [5, 5.41) is 5.89. The molecule has 1 amide bonds. The third kappa shape index (κ3) is 4.17. The van der Waals surface area contributed by atoms with Gasteiger partial charge in [0, 0.05) is 41.4 Å². The number of fused-ring (bicyclic) bond motifs is 1. The van der Waals surface area contributed by atoms with Gasteiger partial charge in [0.1, 0.15) is 17.2 Å². The van der Waals surface area contributed by atoms with Crippen molar-refractivity contribution in [3.8, 4) is 11.5 Å². The first-order valence-electron chi connectivity index (χ1n) is 8.99. The Morgan fingerprint density at radius 3 is 2.63 bits per heavy atom. The molecule has 0 unspecified atom stereocenters. The highest BCUT2D eigenvalue weighted by Gasteiger charge is 2.12. The van der Waals surface area contributed by atoms with Gasteiger partial charge in [0.15, 0.2) is 0 Å². The number of hydrogen-bond donors (Lipinski definition) is 2. The minimum atomic E-state index is -0.268. The summed E-state index contributed by atoms with van der Waals surface area (Å²) >= 11 is 7.02. The summed E-state index contributed by atoms with van der Waals surface area (Å²) in [5.74, 6) is 1.58. The number of aryl methyl sites for hydroxylation is 1. The summed E-state index contributed by atoms with van der Waals surface area (Å²) in [6.45, 7) is 0. The number of nitrogens with one attached hydrogen (secondary N) is 2. The molecule has 152 valence electrons. The van der Waals surface area contributed by atoms with Gasteiger partial charge in [-0.05, 0) is 52.3 Å². The molecular formula is C21H17Br2N5O2. The van der Waals surface area contributed by atoms with Crippen LogP contribution in [0.5, 0.6) is 11.5 Å². The quantitative estimate of drug-likeness (QED) is 0.361. The van der Waals surface area contributed by atoms with Crippen LogP contribution < -0.4 is 15.4 Å². The molecule has 2 N–H and O–H groups in total. The molecule has 0 spiro atoms. The van der Waals surface area contributed by atoms with E-state index in [2.05, 4.69) is 47.5 Å². The van der Waals surface area contributed by atoms with Gasteiger partial charge >= 0.3 is 0 Å². The molecule has 2 aromatic carbocycles. The molecule has 7 nitrogen and oxygen atoms in total. The van der Waals surface area contributed by atoms with Crippen LogP contribution in [0.15, 0.2) is 63.7 Å². The van der Waals surface area contributed by atoms with Gasteiger partial charge in [-0.2, -0.15) is 0 Å². The van der Waals surface area contributed by atoms with Crippen LogP contribution in [-0.2, 0) is 7.05 Å². The van der Waals surface area contributed by atoms with E-state index in [1.165, 1.54) is 6.20 Å². The Morgan fingerprint density at radius 2 is 1.87 bits per heavy atom. The minimum Gasteiger partial charge on any atom is -0.457 e. The van der Waals surface area contributed by atoms with Crippen LogP contribution >= 0.6 is 31.9 Å². The number of carbonyl (C=O) groups is 1. The minimum absolute atomic E-state index is 0.268. The fourth-order valence-electron chi connectivity index (χ4n) is 2.93. The maximum atomic E-state index is 11.8. The molecule has 2 heterocycles. The first kappa shape index (κ1) is 20.4. The molecule has 0 saturated carbocycles. The lowest BCUT2D eigenvalue weighted by atomic mass is 10.3. The fraction of sp³-hybridized carbons (Fsp3) is 0.0952. The van der Waals surface area contributed by atoms with E-state index in [9.17, 15) is 4.79 Å². The number of halogens is 2. The number of amides is 1. The van der Waals surface area contributed by atoms with Crippen molar-refractivity contribution in [3.63, 3.8) is 0 Å². The Hall–Kier alpha value is -2.91. The van der Waals surface area contributed by atoms with Crippen molar-refractivity contribution in [1.82, 2.24) is 19.9 Å². The van der Waals surface area contributed by atoms with E-state index in [4.69, 9.17) is 9.72 Å². The lowest BCUT2D eigenvalue weighted by Gasteiger charge is -2.08. The van der Waals surface area contributed by atoms with Crippen molar-refractivity contribution in [2.45, 2.75) is 0 Å². The van der Waals surface area contributed by atoms with Crippen LogP contribution in [0.3, 0.4) is 0 Å². The zero-order valence-electron chi connectivity index (χ0n) is 16.1. The van der Waals surface area contributed by atoms with Gasteiger partial charge in [-0.3, -0.25) is 9.78 Å². The van der Waals surface area contributed by atoms with E-state index < -0.39 is 0 Å². The van der Waals surface area contributed by atoms with Gasteiger partial charge in [0.2, 0.25) is 5.95 Å². The van der Waals surface area contributed by atoms with Crippen molar-refractivity contribution >= 4 is 60.4 Å². The molecule has 0 bridgehead atoms. The van der Waals surface area contributed by atoms with Gasteiger partial charge in [-0.15, -0.1) is 0 Å². The van der Waals surface area contributed by atoms with Crippen molar-refractivity contribution in [2.24, 2.45) is 7.05 Å². The van der Waals surface area contributed by atoms with Gasteiger partial charge in [-0.1, -0.05) is 15.9 Å². The number of hydrogen-bond acceptors (Lipinski definition) is 5. The normalized spacial score (nSPS) is 10.8. The lowest BCUT2D eigenvalue weighted by Crippen LogP contribution is -2.18. The van der Waals surface area contributed by atoms with Crippen LogP contribution in [-0.4, -0.2) is 27.5 Å². The van der Waals surface area contributed by atoms with E-state index in [-0.39, 0.29) is 5.91 Å². The van der Waals surface area contributed by atoms with Gasteiger partial charge in [0.05, 0.1) is 16.7 Å². The van der Waals surface area contributed by atoms with E-state index in [1.54, 1.807) is 19.2 Å². The van der Waals surface area contributed by atoms with Crippen LogP contribution in [0.1, 0.15) is 10.5 Å². The second kappa shape index (κ2) is 8.45. The van der Waals surface area contributed by atoms with Crippen LogP contribution in [0.25, 0.3) is 11.0 Å². The summed E-state index contributed by atoms with van der Waals surface area (Å²) in [7, 11) is 3.51. The van der Waals surface area contributed by atoms with Gasteiger partial charge in [-0.25, -0.2) is 4.98 Å². The zero-order chi connectivity index (χ0) is 21.3. The van der Waals surface area contributed by atoms with Crippen molar-refractivity contribution in [2.75, 3.05) is 12.4 Å². The predicted octanol–water partition coefficient (Wildman–Crippen LogP) is 5.39. The third-order valence-electron chi connectivity index (χ3n) is 4.46. The molecule has 0 aliphatic heterocycles. The van der Waals surface area contributed by atoms with Crippen molar-refractivity contribution < 1.29 is 9.53 Å². The molecule has 0 aliphatic carbocycles. The maximum absolute atomic E-state index is 11.8. The SMILES string of the molecule is CNC(=O)c1cc(Oc2ccc3c(c2)nc(Nc2ccc(Br)cc2Br)n3C)ccn1. The summed E-state index contributed by atoms with van der Waals surface area (Å²) in [5.41, 5.74) is 2.94. The summed E-state index contributed by atoms with van der Waals surface area (Å²) in [6, 6.07) is 14.9. The maximum Gasteiger partial charge on any atom is 0.269 e. The Balaban J connectivity index is 1.61. The Labute approximate surface area is 189 Å². The number of anilines is 2. The molecule has 30 heavy (non-hydrogen) atoms. The van der Waals surface area contributed by atoms with Gasteiger partial charge < -0.3 is 19.9 Å². The number of aromatic nitrogens is 3. The molecule has 0 atom stereocenters. The second-order valence-electron chi connectivity index (χ2n) is 6.45. The van der Waals surface area contributed by atoms with E-state index in [0.29, 0.717) is 23.1 Å². The van der Waals surface area contributed by atoms with Crippen molar-refractivity contribution in [3.05, 3.63) is 69.4 Å². The summed E-state index contributed by atoms with van der Waals surface area (Å²) in [4.78, 5) is 20.5. The van der Waals surface area contributed by atoms with E-state index >= 15 is 0 Å². The van der Waals surface area contributed by atoms with Crippen LogP contribution in [0, 0.1) is 0 Å². The van der Waals surface area contributed by atoms with E-state index in [0.717, 1.165) is 25.7 Å². The number of nitrogens with zero attached hydrogens (tertiary/aromatic N) is 3. The van der Waals surface area contributed by atoms with Crippen molar-refractivity contribution in [1.29, 1.82) is 0 Å². The molecule has 0 radical (unpaired) electrons. The number of benzene rings is 2. The Kier molecular flexibility index (Phi) is 5.74. The topological polar surface area (TPSA) is 81.1 Å². The average molecular weight is 531 g/mol. The number of pyridine rings is 1. The lowest BCUT2D eigenvalue weighted by molar-refractivity contribution is 0.0958. The summed E-state index contributed by atoms with van der Waals surface area (Å²) in [6.07, 6.45) is 1.54. The van der Waals surface area contributed by atoms with Gasteiger partial charge in [0.25, 0.3) is 5.91 Å². The largest absolute Gasteiger partial charge is 0.457 e. The molecule has 4 rings (SSSR count). The number of ether oxygens (including phenoxy) is 1. The molecule has 2 aromatic heterocycles. The number of imidazole rings is 1. The third-order valence-corrected chi connectivity index (χ3v) is 5.61. The summed E-state index contributed by atoms with van der Waals surface area (Å²) < 4.78 is 9.81. The van der Waals surface area contributed by atoms with Crippen LogP contribution in [0.4, 0.5) is 11.6 Å². The predicted molar refractivity (Wildman–Crippen MR) is 124 cm³/mol. The monoisotopic (exact) mass is 529 g/mol. The average Bonchev–Trinajstić information content (AvgIpc) is 3.04. The molecule has 9 heteroatoms. The highest BCUT2D eigenvalue weighted by atomic mass is 79.9.